The van der Waals surface area contributed by atoms with Gasteiger partial charge in [-0.15, -0.1) is 23.1 Å². The Morgan fingerprint density at radius 3 is 2.71 bits per heavy atom. The van der Waals surface area contributed by atoms with E-state index in [1.165, 1.54) is 0 Å². The van der Waals surface area contributed by atoms with Crippen LogP contribution in [0.3, 0.4) is 0 Å². The van der Waals surface area contributed by atoms with Gasteiger partial charge in [0.25, 0.3) is 0 Å². The molecule has 3 rings (SSSR count). The Hall–Kier alpha value is -2.49. The van der Waals surface area contributed by atoms with Crippen molar-refractivity contribution in [3.05, 3.63) is 59.6 Å². The van der Waals surface area contributed by atoms with Gasteiger partial charge in [-0.3, -0.25) is 4.79 Å². The minimum Gasteiger partial charge on any atom is -0.481 e. The SMILES string of the molecule is CSc1ccc([C@@H](CC(=O)O)NC(=S)Nc2nccc(-c3cccs3)n2)cc1. The highest BCUT2D eigenvalue weighted by molar-refractivity contribution is 7.98. The third-order valence-electron chi connectivity index (χ3n) is 3.86. The molecule has 0 aliphatic carbocycles. The van der Waals surface area contributed by atoms with Crippen molar-refractivity contribution in [2.75, 3.05) is 11.6 Å². The monoisotopic (exact) mass is 430 g/mol. The van der Waals surface area contributed by atoms with E-state index in [0.29, 0.717) is 5.95 Å². The molecule has 0 aliphatic rings. The molecule has 144 valence electrons. The van der Waals surface area contributed by atoms with Crippen molar-refractivity contribution in [1.82, 2.24) is 15.3 Å². The fourth-order valence-electron chi connectivity index (χ4n) is 2.54. The Morgan fingerprint density at radius 2 is 2.07 bits per heavy atom. The fraction of sp³-hybridized carbons (Fsp3) is 0.158. The Labute approximate surface area is 176 Å². The van der Waals surface area contributed by atoms with Crippen LogP contribution in [0.15, 0.2) is 58.9 Å². The van der Waals surface area contributed by atoms with Crippen LogP contribution in [-0.4, -0.2) is 32.4 Å². The maximum Gasteiger partial charge on any atom is 0.305 e. The molecule has 1 aromatic carbocycles. The number of thiocarbonyl (C=S) groups is 1. The zero-order valence-corrected chi connectivity index (χ0v) is 17.4. The Kier molecular flexibility index (Phi) is 6.96. The van der Waals surface area contributed by atoms with Crippen molar-refractivity contribution >= 4 is 52.3 Å². The summed E-state index contributed by atoms with van der Waals surface area (Å²) >= 11 is 8.58. The van der Waals surface area contributed by atoms with Gasteiger partial charge in [0, 0.05) is 11.1 Å². The summed E-state index contributed by atoms with van der Waals surface area (Å²) in [4.78, 5) is 22.1. The number of benzene rings is 1. The predicted octanol–water partition coefficient (Wildman–Crippen LogP) is 4.43. The number of thiophene rings is 1. The second-order valence-corrected chi connectivity index (χ2v) is 8.00. The predicted molar refractivity (Wildman–Crippen MR) is 118 cm³/mol. The molecule has 9 heteroatoms. The molecule has 0 fully saturated rings. The molecule has 1 atom stereocenters. The lowest BCUT2D eigenvalue weighted by molar-refractivity contribution is -0.137. The van der Waals surface area contributed by atoms with Gasteiger partial charge in [-0.05, 0) is 53.7 Å². The number of anilines is 1. The number of aliphatic carboxylic acids is 1. The van der Waals surface area contributed by atoms with Gasteiger partial charge in [-0.25, -0.2) is 9.97 Å². The average Bonchev–Trinajstić information content (AvgIpc) is 3.22. The average molecular weight is 431 g/mol. The second kappa shape index (κ2) is 9.63. The van der Waals surface area contributed by atoms with Crippen LogP contribution in [0.5, 0.6) is 0 Å². The number of carbonyl (C=O) groups is 1. The van der Waals surface area contributed by atoms with Crippen molar-refractivity contribution in [2.24, 2.45) is 0 Å². The van der Waals surface area contributed by atoms with Gasteiger partial charge >= 0.3 is 5.97 Å². The third-order valence-corrected chi connectivity index (χ3v) is 5.71. The van der Waals surface area contributed by atoms with Crippen LogP contribution in [0.1, 0.15) is 18.0 Å². The molecule has 3 N–H and O–H groups in total. The number of thioether (sulfide) groups is 1. The molecule has 28 heavy (non-hydrogen) atoms. The van der Waals surface area contributed by atoms with E-state index in [2.05, 4.69) is 20.6 Å². The summed E-state index contributed by atoms with van der Waals surface area (Å²) in [6, 6.07) is 13.0. The van der Waals surface area contributed by atoms with E-state index in [-0.39, 0.29) is 11.5 Å². The van der Waals surface area contributed by atoms with Crippen molar-refractivity contribution < 1.29 is 9.90 Å². The third kappa shape index (κ3) is 5.51. The molecule has 0 unspecified atom stereocenters. The lowest BCUT2D eigenvalue weighted by atomic mass is 10.0. The normalized spacial score (nSPS) is 11.6. The quantitative estimate of drug-likeness (QED) is 0.375. The van der Waals surface area contributed by atoms with E-state index in [1.54, 1.807) is 29.3 Å². The highest BCUT2D eigenvalue weighted by atomic mass is 32.2. The van der Waals surface area contributed by atoms with Crippen LogP contribution in [0.25, 0.3) is 10.6 Å². The van der Waals surface area contributed by atoms with Crippen molar-refractivity contribution in [3.63, 3.8) is 0 Å². The van der Waals surface area contributed by atoms with E-state index in [4.69, 9.17) is 12.2 Å². The van der Waals surface area contributed by atoms with E-state index in [1.807, 2.05) is 54.1 Å². The molecule has 0 saturated carbocycles. The Balaban J connectivity index is 1.71. The minimum absolute atomic E-state index is 0.101. The van der Waals surface area contributed by atoms with Crippen LogP contribution in [0, 0.1) is 0 Å². The standard InChI is InChI=1S/C19H18N4O2S3/c1-27-13-6-4-12(5-7-13)15(11-17(24)25)22-19(26)23-18-20-9-8-14(21-18)16-3-2-10-28-16/h2-10,15H,11H2,1H3,(H,24,25)(H2,20,21,22,23,26)/t15-/m1/s1. The number of nitrogens with zero attached hydrogens (tertiary/aromatic N) is 2. The van der Waals surface area contributed by atoms with Gasteiger partial charge in [0.05, 0.1) is 23.0 Å². The fourth-order valence-corrected chi connectivity index (χ4v) is 3.88. The number of carboxylic acid groups (broad SMARTS) is 1. The van der Waals surface area contributed by atoms with E-state index < -0.39 is 12.0 Å². The van der Waals surface area contributed by atoms with Crippen LogP contribution >= 0.6 is 35.3 Å². The summed E-state index contributed by atoms with van der Waals surface area (Å²) in [5.74, 6) is -0.555. The lowest BCUT2D eigenvalue weighted by Crippen LogP contribution is -2.34. The molecule has 6 nitrogen and oxygen atoms in total. The summed E-state index contributed by atoms with van der Waals surface area (Å²) < 4.78 is 0. The highest BCUT2D eigenvalue weighted by Gasteiger charge is 2.17. The molecule has 0 amide bonds. The molecular formula is C19H18N4O2S3. The molecule has 2 heterocycles. The van der Waals surface area contributed by atoms with Crippen molar-refractivity contribution in [2.45, 2.75) is 17.4 Å². The zero-order valence-electron chi connectivity index (χ0n) is 15.0. The molecule has 3 aromatic rings. The molecule has 0 spiro atoms. The Morgan fingerprint density at radius 1 is 1.29 bits per heavy atom. The second-order valence-electron chi connectivity index (χ2n) is 5.76. The van der Waals surface area contributed by atoms with E-state index in [0.717, 1.165) is 21.0 Å². The van der Waals surface area contributed by atoms with Crippen molar-refractivity contribution in [3.8, 4) is 10.6 Å². The highest BCUT2D eigenvalue weighted by Crippen LogP contribution is 2.23. The molecular weight excluding hydrogens is 412 g/mol. The van der Waals surface area contributed by atoms with Crippen LogP contribution in [-0.2, 0) is 4.79 Å². The molecule has 0 radical (unpaired) electrons. The van der Waals surface area contributed by atoms with Gasteiger partial charge in [-0.2, -0.15) is 0 Å². The maximum atomic E-state index is 11.3. The summed E-state index contributed by atoms with van der Waals surface area (Å²) in [5, 5.41) is 17.5. The van der Waals surface area contributed by atoms with Crippen LogP contribution in [0.2, 0.25) is 0 Å². The molecule has 0 aliphatic heterocycles. The summed E-state index contributed by atoms with van der Waals surface area (Å²) in [7, 11) is 0. The van der Waals surface area contributed by atoms with Gasteiger partial charge < -0.3 is 15.7 Å². The van der Waals surface area contributed by atoms with E-state index in [9.17, 15) is 9.90 Å². The molecule has 2 aromatic heterocycles. The largest absolute Gasteiger partial charge is 0.481 e. The first-order valence-electron chi connectivity index (χ1n) is 8.35. The summed E-state index contributed by atoms with van der Waals surface area (Å²) in [6.45, 7) is 0. The number of rotatable bonds is 7. The van der Waals surface area contributed by atoms with Gasteiger partial charge in [0.2, 0.25) is 5.95 Å². The number of hydrogen-bond donors (Lipinski definition) is 3. The first-order valence-corrected chi connectivity index (χ1v) is 10.9. The minimum atomic E-state index is -0.912. The number of hydrogen-bond acceptors (Lipinski definition) is 6. The summed E-state index contributed by atoms with van der Waals surface area (Å²) in [6.07, 6.45) is 3.55. The number of carboxylic acids is 1. The number of nitrogens with one attached hydrogen (secondary N) is 2. The van der Waals surface area contributed by atoms with E-state index >= 15 is 0 Å². The molecule has 0 saturated heterocycles. The van der Waals surface area contributed by atoms with Crippen molar-refractivity contribution in [1.29, 1.82) is 0 Å². The Bertz CT molecular complexity index is 946. The zero-order chi connectivity index (χ0) is 19.9. The van der Waals surface area contributed by atoms with Gasteiger partial charge in [-0.1, -0.05) is 18.2 Å². The van der Waals surface area contributed by atoms with Crippen LogP contribution < -0.4 is 10.6 Å². The first kappa shape index (κ1) is 20.2. The topological polar surface area (TPSA) is 87.1 Å². The maximum absolute atomic E-state index is 11.3. The van der Waals surface area contributed by atoms with Crippen LogP contribution in [0.4, 0.5) is 5.95 Å². The number of aromatic nitrogens is 2. The molecule has 0 bridgehead atoms. The lowest BCUT2D eigenvalue weighted by Gasteiger charge is -2.19. The van der Waals surface area contributed by atoms with Gasteiger partial charge in [0.1, 0.15) is 0 Å². The first-order chi connectivity index (χ1) is 13.5. The van der Waals surface area contributed by atoms with Gasteiger partial charge in [0.15, 0.2) is 5.11 Å². The summed E-state index contributed by atoms with van der Waals surface area (Å²) in [5.41, 5.74) is 1.64. The smallest absolute Gasteiger partial charge is 0.305 e.